The number of hydrogen-bond acceptors (Lipinski definition) is 4. The molecule has 0 aromatic heterocycles. The van der Waals surface area contributed by atoms with Crippen LogP contribution >= 0.6 is 11.8 Å². The average molecular weight is 265 g/mol. The molecule has 5 heteroatoms. The molecule has 18 heavy (non-hydrogen) atoms. The van der Waals surface area contributed by atoms with Crippen LogP contribution in [0.5, 0.6) is 0 Å². The molecule has 1 heterocycles. The Morgan fingerprint density at radius 1 is 1.33 bits per heavy atom. The molecule has 3 rings (SSSR count). The summed E-state index contributed by atoms with van der Waals surface area (Å²) < 4.78 is 0. The highest BCUT2D eigenvalue weighted by molar-refractivity contribution is 8.15. The van der Waals surface area contributed by atoms with Crippen molar-refractivity contribution in [2.75, 3.05) is 5.75 Å². The van der Waals surface area contributed by atoms with Crippen molar-refractivity contribution < 1.29 is 4.79 Å². The number of carbonyl (C=O) groups is 1. The lowest BCUT2D eigenvalue weighted by molar-refractivity contribution is -0.116. The van der Waals surface area contributed by atoms with E-state index in [0.717, 1.165) is 12.3 Å². The SMILES string of the molecule is CC12CCC(CC1=N/N=C1\NC(=O)CS1)C2(C)C. The topological polar surface area (TPSA) is 53.8 Å². The number of rotatable bonds is 1. The molecule has 4 nitrogen and oxygen atoms in total. The minimum atomic E-state index is 0.0263. The van der Waals surface area contributed by atoms with Crippen LogP contribution in [0.25, 0.3) is 0 Å². The van der Waals surface area contributed by atoms with Crippen LogP contribution in [-0.2, 0) is 4.79 Å². The first-order valence-electron chi connectivity index (χ1n) is 6.51. The fourth-order valence-corrected chi connectivity index (χ4v) is 4.19. The number of fused-ring (bicyclic) bond motifs is 2. The van der Waals surface area contributed by atoms with Crippen LogP contribution in [0.3, 0.4) is 0 Å². The lowest BCUT2D eigenvalue weighted by Gasteiger charge is -2.34. The Bertz CT molecular complexity index is 469. The lowest BCUT2D eigenvalue weighted by atomic mass is 9.70. The molecule has 1 aliphatic heterocycles. The molecule has 0 aromatic rings. The summed E-state index contributed by atoms with van der Waals surface area (Å²) >= 11 is 1.43. The molecule has 2 saturated carbocycles. The van der Waals surface area contributed by atoms with Crippen LogP contribution < -0.4 is 5.32 Å². The molecule has 1 N–H and O–H groups in total. The van der Waals surface area contributed by atoms with E-state index >= 15 is 0 Å². The van der Waals surface area contributed by atoms with Gasteiger partial charge in [0.1, 0.15) is 0 Å². The van der Waals surface area contributed by atoms with Crippen LogP contribution in [0, 0.1) is 16.7 Å². The second kappa shape index (κ2) is 3.83. The fraction of sp³-hybridized carbons (Fsp3) is 0.769. The largest absolute Gasteiger partial charge is 0.303 e. The predicted molar refractivity (Wildman–Crippen MR) is 74.7 cm³/mol. The quantitative estimate of drug-likeness (QED) is 0.740. The van der Waals surface area contributed by atoms with Crippen molar-refractivity contribution in [2.24, 2.45) is 27.0 Å². The van der Waals surface area contributed by atoms with E-state index in [2.05, 4.69) is 36.3 Å². The first-order valence-corrected chi connectivity index (χ1v) is 7.50. The van der Waals surface area contributed by atoms with E-state index in [1.807, 2.05) is 0 Å². The predicted octanol–water partition coefficient (Wildman–Crippen LogP) is 2.41. The van der Waals surface area contributed by atoms with Crippen molar-refractivity contribution in [1.82, 2.24) is 5.32 Å². The molecule has 2 aliphatic carbocycles. The Kier molecular flexibility index (Phi) is 2.59. The molecule has 2 unspecified atom stereocenters. The molecular weight excluding hydrogens is 246 g/mol. The van der Waals surface area contributed by atoms with Gasteiger partial charge >= 0.3 is 0 Å². The molecule has 0 spiro atoms. The van der Waals surface area contributed by atoms with Crippen LogP contribution in [0.4, 0.5) is 0 Å². The van der Waals surface area contributed by atoms with E-state index < -0.39 is 0 Å². The van der Waals surface area contributed by atoms with Gasteiger partial charge in [-0.1, -0.05) is 32.5 Å². The Balaban J connectivity index is 1.85. The summed E-state index contributed by atoms with van der Waals surface area (Å²) in [5.74, 6) is 1.24. The van der Waals surface area contributed by atoms with Crippen molar-refractivity contribution in [2.45, 2.75) is 40.0 Å². The van der Waals surface area contributed by atoms with E-state index in [1.165, 1.54) is 30.3 Å². The van der Waals surface area contributed by atoms with E-state index in [-0.39, 0.29) is 11.3 Å². The molecule has 2 atom stereocenters. The Hall–Kier alpha value is -0.840. The number of nitrogens with zero attached hydrogens (tertiary/aromatic N) is 2. The number of carbonyl (C=O) groups excluding carboxylic acids is 1. The molecule has 3 aliphatic rings. The van der Waals surface area contributed by atoms with Crippen LogP contribution in [0.15, 0.2) is 10.2 Å². The van der Waals surface area contributed by atoms with Crippen LogP contribution in [-0.4, -0.2) is 22.5 Å². The zero-order valence-corrected chi connectivity index (χ0v) is 11.9. The normalized spacial score (nSPS) is 41.9. The summed E-state index contributed by atoms with van der Waals surface area (Å²) in [7, 11) is 0. The Morgan fingerprint density at radius 3 is 2.61 bits per heavy atom. The second-order valence-corrected chi connectivity index (χ2v) is 7.25. The Labute approximate surface area is 112 Å². The smallest absolute Gasteiger partial charge is 0.236 e. The number of hydrogen-bond donors (Lipinski definition) is 1. The number of thioether (sulfide) groups is 1. The van der Waals surface area contributed by atoms with Crippen molar-refractivity contribution in [3.63, 3.8) is 0 Å². The molecule has 3 fully saturated rings. The minimum Gasteiger partial charge on any atom is -0.303 e. The minimum absolute atomic E-state index is 0.0263. The summed E-state index contributed by atoms with van der Waals surface area (Å²) in [6.07, 6.45) is 3.59. The Morgan fingerprint density at radius 2 is 2.11 bits per heavy atom. The van der Waals surface area contributed by atoms with Gasteiger partial charge in [0.15, 0.2) is 5.17 Å². The van der Waals surface area contributed by atoms with Gasteiger partial charge in [0, 0.05) is 11.1 Å². The molecule has 0 aromatic carbocycles. The van der Waals surface area contributed by atoms with Crippen molar-refractivity contribution in [3.05, 3.63) is 0 Å². The molecule has 1 amide bonds. The van der Waals surface area contributed by atoms with Gasteiger partial charge in [-0.05, 0) is 30.6 Å². The standard InChI is InChI=1S/C13H19N3OS/c1-12(2)8-4-5-13(12,3)9(6-8)15-16-11-14-10(17)7-18-11/h8H,4-7H2,1-3H3,(H,14,16,17). The van der Waals surface area contributed by atoms with Gasteiger partial charge in [-0.3, -0.25) is 4.79 Å². The average Bonchev–Trinajstić information content (AvgIpc) is 2.87. The first-order chi connectivity index (χ1) is 8.43. The monoisotopic (exact) mass is 265 g/mol. The summed E-state index contributed by atoms with van der Waals surface area (Å²) in [6.45, 7) is 7.03. The van der Waals surface area contributed by atoms with Crippen molar-refractivity contribution >= 4 is 28.5 Å². The third-order valence-corrected chi connectivity index (χ3v) is 6.22. The van der Waals surface area contributed by atoms with E-state index in [4.69, 9.17) is 0 Å². The highest BCUT2D eigenvalue weighted by Crippen LogP contribution is 2.63. The van der Waals surface area contributed by atoms with Gasteiger partial charge < -0.3 is 5.32 Å². The molecule has 98 valence electrons. The third-order valence-electron chi connectivity index (χ3n) is 5.36. The van der Waals surface area contributed by atoms with Gasteiger partial charge in [-0.25, -0.2) is 0 Å². The zero-order chi connectivity index (χ0) is 13.0. The summed E-state index contributed by atoms with van der Waals surface area (Å²) in [6, 6.07) is 0. The van der Waals surface area contributed by atoms with Gasteiger partial charge in [0.25, 0.3) is 0 Å². The van der Waals surface area contributed by atoms with Crippen LogP contribution in [0.1, 0.15) is 40.0 Å². The summed E-state index contributed by atoms with van der Waals surface area (Å²) in [4.78, 5) is 11.1. The fourth-order valence-electron chi connectivity index (χ4n) is 3.56. The van der Waals surface area contributed by atoms with Gasteiger partial charge in [0.2, 0.25) is 5.91 Å². The van der Waals surface area contributed by atoms with Gasteiger partial charge in [0.05, 0.1) is 5.75 Å². The second-order valence-electron chi connectivity index (χ2n) is 6.28. The highest BCUT2D eigenvalue weighted by atomic mass is 32.2. The van der Waals surface area contributed by atoms with Gasteiger partial charge in [-0.15, -0.1) is 5.10 Å². The first kappa shape index (κ1) is 12.2. The molecule has 1 saturated heterocycles. The summed E-state index contributed by atoms with van der Waals surface area (Å²) in [5.41, 5.74) is 1.74. The van der Waals surface area contributed by atoms with Crippen molar-refractivity contribution in [3.8, 4) is 0 Å². The lowest BCUT2D eigenvalue weighted by Crippen LogP contribution is -2.32. The molecule has 2 bridgehead atoms. The maximum atomic E-state index is 11.1. The van der Waals surface area contributed by atoms with E-state index in [9.17, 15) is 4.79 Å². The number of amides is 1. The van der Waals surface area contributed by atoms with E-state index in [0.29, 0.717) is 16.3 Å². The van der Waals surface area contributed by atoms with Crippen LogP contribution in [0.2, 0.25) is 0 Å². The maximum Gasteiger partial charge on any atom is 0.236 e. The number of nitrogens with one attached hydrogen (secondary N) is 1. The zero-order valence-electron chi connectivity index (χ0n) is 11.1. The van der Waals surface area contributed by atoms with E-state index in [1.54, 1.807) is 0 Å². The van der Waals surface area contributed by atoms with Crippen molar-refractivity contribution in [1.29, 1.82) is 0 Å². The third kappa shape index (κ3) is 1.56. The van der Waals surface area contributed by atoms with Gasteiger partial charge in [-0.2, -0.15) is 5.10 Å². The molecular formula is C13H19N3OS. The highest BCUT2D eigenvalue weighted by Gasteiger charge is 2.60. The molecule has 0 radical (unpaired) electrons. The summed E-state index contributed by atoms with van der Waals surface area (Å²) in [5, 5.41) is 12.1. The number of amidine groups is 1. The maximum absolute atomic E-state index is 11.1.